The summed E-state index contributed by atoms with van der Waals surface area (Å²) in [5.41, 5.74) is 2.28. The fraction of sp³-hybridized carbons (Fsp3) is 0.241. The Morgan fingerprint density at radius 2 is 1.54 bits per heavy atom. The molecule has 0 aromatic heterocycles. The van der Waals surface area contributed by atoms with Crippen LogP contribution in [-0.4, -0.2) is 41.5 Å². The average Bonchev–Trinajstić information content (AvgIpc) is 3.13. The number of aliphatic hydroxyl groups is 1. The minimum atomic E-state index is -0.731. The van der Waals surface area contributed by atoms with E-state index in [-0.39, 0.29) is 11.3 Å². The number of aliphatic hydroxyl groups excluding tert-OH is 1. The van der Waals surface area contributed by atoms with E-state index in [9.17, 15) is 14.7 Å². The van der Waals surface area contributed by atoms with Gasteiger partial charge in [-0.3, -0.25) is 9.59 Å². The SMILES string of the molecule is CCOc1ccc(C(O)=C2C(=O)C(=O)N(CCc3ccccc3)C2c2cccc(OCC)c2)cc1. The summed E-state index contributed by atoms with van der Waals surface area (Å²) in [6.45, 7) is 5.13. The third-order valence-electron chi connectivity index (χ3n) is 5.95. The molecule has 0 bridgehead atoms. The molecule has 1 fully saturated rings. The maximum Gasteiger partial charge on any atom is 0.295 e. The van der Waals surface area contributed by atoms with Crippen LogP contribution in [0.3, 0.4) is 0 Å². The molecule has 6 heteroatoms. The maximum atomic E-state index is 13.2. The second-order valence-corrected chi connectivity index (χ2v) is 8.19. The highest BCUT2D eigenvalue weighted by Crippen LogP contribution is 2.40. The Morgan fingerprint density at radius 3 is 2.23 bits per heavy atom. The van der Waals surface area contributed by atoms with Crippen LogP contribution in [-0.2, 0) is 16.0 Å². The molecule has 4 rings (SSSR count). The second kappa shape index (κ2) is 10.9. The molecule has 6 nitrogen and oxygen atoms in total. The van der Waals surface area contributed by atoms with Gasteiger partial charge in [0.1, 0.15) is 17.3 Å². The van der Waals surface area contributed by atoms with Crippen LogP contribution in [0, 0.1) is 0 Å². The molecule has 180 valence electrons. The summed E-state index contributed by atoms with van der Waals surface area (Å²) in [4.78, 5) is 28.0. The number of ketones is 1. The molecule has 1 N–H and O–H groups in total. The van der Waals surface area contributed by atoms with Crippen LogP contribution in [0.25, 0.3) is 5.76 Å². The summed E-state index contributed by atoms with van der Waals surface area (Å²) in [5.74, 6) is -0.232. The van der Waals surface area contributed by atoms with E-state index in [4.69, 9.17) is 9.47 Å². The Labute approximate surface area is 205 Å². The van der Waals surface area contributed by atoms with Crippen LogP contribution in [0.1, 0.15) is 36.6 Å². The van der Waals surface area contributed by atoms with Crippen molar-refractivity contribution in [3.05, 3.63) is 101 Å². The number of likely N-dealkylation sites (tertiary alicyclic amines) is 1. The molecule has 3 aromatic rings. The van der Waals surface area contributed by atoms with E-state index in [0.717, 1.165) is 5.56 Å². The first-order valence-electron chi connectivity index (χ1n) is 11.8. The molecule has 1 aliphatic rings. The molecule has 1 heterocycles. The van der Waals surface area contributed by atoms with E-state index < -0.39 is 17.7 Å². The van der Waals surface area contributed by atoms with Gasteiger partial charge in [0.2, 0.25) is 0 Å². The van der Waals surface area contributed by atoms with Crippen LogP contribution < -0.4 is 9.47 Å². The molecule has 0 aliphatic carbocycles. The van der Waals surface area contributed by atoms with Gasteiger partial charge in [-0.2, -0.15) is 0 Å². The second-order valence-electron chi connectivity index (χ2n) is 8.19. The van der Waals surface area contributed by atoms with Crippen molar-refractivity contribution in [1.82, 2.24) is 4.90 Å². The predicted octanol–water partition coefficient (Wildman–Crippen LogP) is 5.15. The lowest BCUT2D eigenvalue weighted by molar-refractivity contribution is -0.139. The van der Waals surface area contributed by atoms with Crippen molar-refractivity contribution in [2.75, 3.05) is 19.8 Å². The molecule has 1 saturated heterocycles. The zero-order valence-corrected chi connectivity index (χ0v) is 19.9. The first-order chi connectivity index (χ1) is 17.0. The Balaban J connectivity index is 1.77. The van der Waals surface area contributed by atoms with Crippen molar-refractivity contribution in [3.8, 4) is 11.5 Å². The fourth-order valence-corrected chi connectivity index (χ4v) is 4.32. The Bertz CT molecular complexity index is 1220. The molecule has 35 heavy (non-hydrogen) atoms. The standard InChI is InChI=1S/C29H29NO5/c1-3-34-23-15-13-21(14-16-23)27(31)25-26(22-11-8-12-24(19-22)35-4-2)30(29(33)28(25)32)18-17-20-9-6-5-7-10-20/h5-16,19,26,31H,3-4,17-18H2,1-2H3. The van der Waals surface area contributed by atoms with Gasteiger partial charge in [0.15, 0.2) is 0 Å². The number of carbonyl (C=O) groups is 2. The van der Waals surface area contributed by atoms with Crippen molar-refractivity contribution in [2.24, 2.45) is 0 Å². The highest BCUT2D eigenvalue weighted by atomic mass is 16.5. The summed E-state index contributed by atoms with van der Waals surface area (Å²) in [7, 11) is 0. The highest BCUT2D eigenvalue weighted by Gasteiger charge is 2.45. The number of rotatable bonds is 9. The number of benzene rings is 3. The fourth-order valence-electron chi connectivity index (χ4n) is 4.32. The topological polar surface area (TPSA) is 76.1 Å². The quantitative estimate of drug-likeness (QED) is 0.265. The van der Waals surface area contributed by atoms with E-state index in [1.807, 2.05) is 68.4 Å². The van der Waals surface area contributed by atoms with Crippen molar-refractivity contribution in [2.45, 2.75) is 26.3 Å². The van der Waals surface area contributed by atoms with Crippen molar-refractivity contribution < 1.29 is 24.2 Å². The van der Waals surface area contributed by atoms with Crippen molar-refractivity contribution in [3.63, 3.8) is 0 Å². The molecule has 1 unspecified atom stereocenters. The molecule has 0 radical (unpaired) electrons. The first kappa shape index (κ1) is 24.1. The largest absolute Gasteiger partial charge is 0.507 e. The monoisotopic (exact) mass is 471 g/mol. The molecular formula is C29H29NO5. The average molecular weight is 472 g/mol. The summed E-state index contributed by atoms with van der Waals surface area (Å²) in [5, 5.41) is 11.2. The third kappa shape index (κ3) is 5.22. The maximum absolute atomic E-state index is 13.2. The van der Waals surface area contributed by atoms with Gasteiger partial charge in [0.25, 0.3) is 11.7 Å². The Hall–Kier alpha value is -4.06. The van der Waals surface area contributed by atoms with Gasteiger partial charge < -0.3 is 19.5 Å². The van der Waals surface area contributed by atoms with Crippen LogP contribution in [0.2, 0.25) is 0 Å². The van der Waals surface area contributed by atoms with E-state index in [1.165, 1.54) is 0 Å². The summed E-state index contributed by atoms with van der Waals surface area (Å²) < 4.78 is 11.1. The van der Waals surface area contributed by atoms with Gasteiger partial charge in [-0.15, -0.1) is 0 Å². The zero-order valence-electron chi connectivity index (χ0n) is 19.9. The predicted molar refractivity (Wildman–Crippen MR) is 134 cm³/mol. The lowest BCUT2D eigenvalue weighted by Crippen LogP contribution is -2.31. The van der Waals surface area contributed by atoms with Crippen LogP contribution >= 0.6 is 0 Å². The van der Waals surface area contributed by atoms with Gasteiger partial charge in [0.05, 0.1) is 24.8 Å². The minimum Gasteiger partial charge on any atom is -0.507 e. The van der Waals surface area contributed by atoms with E-state index in [2.05, 4.69) is 0 Å². The lowest BCUT2D eigenvalue weighted by Gasteiger charge is -2.25. The number of ether oxygens (including phenoxy) is 2. The van der Waals surface area contributed by atoms with E-state index >= 15 is 0 Å². The van der Waals surface area contributed by atoms with Crippen molar-refractivity contribution in [1.29, 1.82) is 0 Å². The first-order valence-corrected chi connectivity index (χ1v) is 11.8. The molecule has 1 aliphatic heterocycles. The Kier molecular flexibility index (Phi) is 7.51. The molecule has 1 atom stereocenters. The smallest absolute Gasteiger partial charge is 0.295 e. The third-order valence-corrected chi connectivity index (χ3v) is 5.95. The minimum absolute atomic E-state index is 0.0703. The van der Waals surface area contributed by atoms with Crippen molar-refractivity contribution >= 4 is 17.4 Å². The van der Waals surface area contributed by atoms with Gasteiger partial charge in [-0.05, 0) is 67.8 Å². The molecule has 0 spiro atoms. The molecule has 3 aromatic carbocycles. The normalized spacial score (nSPS) is 17.0. The van der Waals surface area contributed by atoms with Gasteiger partial charge >= 0.3 is 0 Å². The summed E-state index contributed by atoms with van der Waals surface area (Å²) in [6.07, 6.45) is 0.582. The highest BCUT2D eigenvalue weighted by molar-refractivity contribution is 6.46. The Morgan fingerprint density at radius 1 is 0.857 bits per heavy atom. The van der Waals surface area contributed by atoms with Crippen LogP contribution in [0.5, 0.6) is 11.5 Å². The van der Waals surface area contributed by atoms with Crippen LogP contribution in [0.4, 0.5) is 0 Å². The van der Waals surface area contributed by atoms with E-state index in [1.54, 1.807) is 29.2 Å². The number of carbonyl (C=O) groups excluding carboxylic acids is 2. The van der Waals surface area contributed by atoms with E-state index in [0.29, 0.717) is 48.8 Å². The number of amides is 1. The summed E-state index contributed by atoms with van der Waals surface area (Å²) >= 11 is 0. The van der Waals surface area contributed by atoms with Gasteiger partial charge in [0, 0.05) is 12.1 Å². The molecular weight excluding hydrogens is 442 g/mol. The number of hydrogen-bond acceptors (Lipinski definition) is 5. The molecule has 1 amide bonds. The van der Waals surface area contributed by atoms with Crippen LogP contribution in [0.15, 0.2) is 84.4 Å². The van der Waals surface area contributed by atoms with Gasteiger partial charge in [-0.25, -0.2) is 0 Å². The number of nitrogens with zero attached hydrogens (tertiary/aromatic N) is 1. The number of hydrogen-bond donors (Lipinski definition) is 1. The van der Waals surface area contributed by atoms with Gasteiger partial charge in [-0.1, -0.05) is 42.5 Å². The summed E-state index contributed by atoms with van der Waals surface area (Å²) in [6, 6.07) is 23.2. The zero-order chi connectivity index (χ0) is 24.8. The lowest BCUT2D eigenvalue weighted by atomic mass is 9.95. The molecule has 0 saturated carbocycles. The number of Topliss-reactive ketones (excluding diaryl/α,β-unsaturated/α-hetero) is 1.